The molecule has 212 valence electrons. The molecular weight excluding hydrogens is 470 g/mol. The summed E-state index contributed by atoms with van der Waals surface area (Å²) in [6, 6.07) is 6.36. The average molecular weight is 524 g/mol. The lowest BCUT2D eigenvalue weighted by atomic mass is 9.71. The van der Waals surface area contributed by atoms with Crippen LogP contribution in [0.15, 0.2) is 41.5 Å². The van der Waals surface area contributed by atoms with E-state index in [9.17, 15) is 9.90 Å². The van der Waals surface area contributed by atoms with Gasteiger partial charge in [-0.15, -0.1) is 0 Å². The van der Waals surface area contributed by atoms with E-state index in [1.54, 1.807) is 5.57 Å². The normalized spacial score (nSPS) is 22.6. The van der Waals surface area contributed by atoms with Crippen molar-refractivity contribution in [2.24, 2.45) is 17.6 Å². The van der Waals surface area contributed by atoms with Crippen LogP contribution >= 0.6 is 0 Å². The van der Waals surface area contributed by atoms with Crippen molar-refractivity contribution in [1.29, 1.82) is 0 Å². The zero-order chi connectivity index (χ0) is 27.2. The third kappa shape index (κ3) is 10.2. The van der Waals surface area contributed by atoms with Crippen molar-refractivity contribution in [2.75, 3.05) is 6.54 Å². The molecule has 0 aliphatic heterocycles. The van der Waals surface area contributed by atoms with Crippen LogP contribution in [0.25, 0.3) is 0 Å². The molecule has 0 spiro atoms. The first kappa shape index (κ1) is 30.5. The Labute approximate surface area is 231 Å². The second-order valence-electron chi connectivity index (χ2n) is 11.9. The summed E-state index contributed by atoms with van der Waals surface area (Å²) in [5.41, 5.74) is 11.3. The number of unbranched alkanes of at least 4 members (excludes halogenated alkanes) is 5. The molecule has 4 N–H and O–H groups in total. The lowest BCUT2D eigenvalue weighted by Gasteiger charge is -2.34. The highest BCUT2D eigenvalue weighted by Gasteiger charge is 2.29. The number of carboxylic acid groups (broad SMARTS) is 1. The number of phenols is 1. The third-order valence-electron chi connectivity index (χ3n) is 8.92. The molecule has 3 rings (SSSR count). The van der Waals surface area contributed by atoms with E-state index in [1.807, 2.05) is 6.07 Å². The molecule has 1 aromatic rings. The minimum Gasteiger partial charge on any atom is -0.508 e. The van der Waals surface area contributed by atoms with Gasteiger partial charge in [-0.2, -0.15) is 0 Å². The number of aromatic hydroxyl groups is 1. The number of aliphatic carboxylic acids is 1. The predicted octanol–water partition coefficient (Wildman–Crippen LogP) is 8.83. The number of aryl methyl sites for hydroxylation is 1. The maximum absolute atomic E-state index is 11.0. The molecule has 1 fully saturated rings. The summed E-state index contributed by atoms with van der Waals surface area (Å²) in [6.07, 6.45) is 24.7. The molecular formula is C34H53NO3. The number of carboxylic acids is 1. The van der Waals surface area contributed by atoms with Gasteiger partial charge in [-0.1, -0.05) is 80.9 Å². The van der Waals surface area contributed by atoms with Crippen molar-refractivity contribution in [1.82, 2.24) is 0 Å². The highest BCUT2D eigenvalue weighted by molar-refractivity contribution is 5.66. The van der Waals surface area contributed by atoms with Crippen molar-refractivity contribution >= 4 is 5.97 Å². The molecule has 2 aliphatic carbocycles. The molecule has 0 aromatic heterocycles. The fourth-order valence-electron chi connectivity index (χ4n) is 6.75. The number of allylic oxidation sites excluding steroid dienone is 3. The molecule has 38 heavy (non-hydrogen) atoms. The molecule has 0 heterocycles. The number of benzene rings is 1. The van der Waals surface area contributed by atoms with Gasteiger partial charge in [-0.05, 0) is 112 Å². The van der Waals surface area contributed by atoms with E-state index in [1.165, 1.54) is 75.3 Å². The Morgan fingerprint density at radius 3 is 2.61 bits per heavy atom. The van der Waals surface area contributed by atoms with Crippen LogP contribution in [0.4, 0.5) is 0 Å². The molecule has 2 aliphatic rings. The zero-order valence-corrected chi connectivity index (χ0v) is 23.9. The van der Waals surface area contributed by atoms with Crippen LogP contribution < -0.4 is 5.73 Å². The topological polar surface area (TPSA) is 83.5 Å². The number of nitrogens with two attached hydrogens (primary N) is 1. The summed E-state index contributed by atoms with van der Waals surface area (Å²) in [6.45, 7) is 3.00. The Bertz CT molecular complexity index is 918. The maximum Gasteiger partial charge on any atom is 0.303 e. The van der Waals surface area contributed by atoms with Gasteiger partial charge in [0.1, 0.15) is 5.75 Å². The zero-order valence-electron chi connectivity index (χ0n) is 23.9. The Morgan fingerprint density at radius 2 is 1.84 bits per heavy atom. The summed E-state index contributed by atoms with van der Waals surface area (Å²) < 4.78 is 0. The van der Waals surface area contributed by atoms with Gasteiger partial charge in [-0.25, -0.2) is 0 Å². The summed E-state index contributed by atoms with van der Waals surface area (Å²) >= 11 is 0. The summed E-state index contributed by atoms with van der Waals surface area (Å²) in [5.74, 6) is 1.64. The van der Waals surface area contributed by atoms with Crippen LogP contribution in [0.1, 0.15) is 133 Å². The van der Waals surface area contributed by atoms with Crippen molar-refractivity contribution in [3.05, 3.63) is 52.6 Å². The number of hydrogen-bond donors (Lipinski definition) is 3. The minimum absolute atomic E-state index is 0.223. The molecule has 1 saturated carbocycles. The van der Waals surface area contributed by atoms with Crippen molar-refractivity contribution < 1.29 is 15.0 Å². The fraction of sp³-hybridized carbons (Fsp3) is 0.676. The monoisotopic (exact) mass is 523 g/mol. The predicted molar refractivity (Wildman–Crippen MR) is 159 cm³/mol. The minimum atomic E-state index is -0.713. The first-order chi connectivity index (χ1) is 18.5. The highest BCUT2D eigenvalue weighted by Crippen LogP contribution is 2.44. The summed E-state index contributed by atoms with van der Waals surface area (Å²) in [4.78, 5) is 11.0. The molecule has 4 heteroatoms. The van der Waals surface area contributed by atoms with E-state index in [0.29, 0.717) is 24.0 Å². The molecule has 4 nitrogen and oxygen atoms in total. The van der Waals surface area contributed by atoms with E-state index in [-0.39, 0.29) is 6.42 Å². The van der Waals surface area contributed by atoms with E-state index >= 15 is 0 Å². The lowest BCUT2D eigenvalue weighted by Crippen LogP contribution is -2.19. The molecule has 0 amide bonds. The number of rotatable bonds is 17. The number of hydrogen-bond acceptors (Lipinski definition) is 3. The molecule has 0 radical (unpaired) electrons. The first-order valence-electron chi connectivity index (χ1n) is 15.6. The SMILES string of the molecule is CCCCCc1cc([C@@H]2CC/C(=C\CCC(=O)O)C[C@H]2CCCCCC[C@@H]2C=C(CCN)CC2)ccc1O. The second-order valence-corrected chi connectivity index (χ2v) is 11.9. The lowest BCUT2D eigenvalue weighted by molar-refractivity contribution is -0.136. The Kier molecular flexibility index (Phi) is 13.5. The molecule has 3 atom stereocenters. The van der Waals surface area contributed by atoms with Crippen LogP contribution in [-0.2, 0) is 11.2 Å². The maximum atomic E-state index is 11.0. The van der Waals surface area contributed by atoms with Crippen LogP contribution in [0.5, 0.6) is 5.75 Å². The van der Waals surface area contributed by atoms with Crippen LogP contribution in [0.3, 0.4) is 0 Å². The van der Waals surface area contributed by atoms with E-state index in [0.717, 1.165) is 56.6 Å². The Morgan fingerprint density at radius 1 is 1.03 bits per heavy atom. The third-order valence-corrected chi connectivity index (χ3v) is 8.92. The van der Waals surface area contributed by atoms with Gasteiger partial charge in [0.25, 0.3) is 0 Å². The number of carbonyl (C=O) groups is 1. The Balaban J connectivity index is 1.55. The first-order valence-corrected chi connectivity index (χ1v) is 15.6. The largest absolute Gasteiger partial charge is 0.508 e. The van der Waals surface area contributed by atoms with Gasteiger partial charge in [0.15, 0.2) is 0 Å². The highest BCUT2D eigenvalue weighted by atomic mass is 16.4. The van der Waals surface area contributed by atoms with Gasteiger partial charge in [0.2, 0.25) is 0 Å². The van der Waals surface area contributed by atoms with E-state index < -0.39 is 5.97 Å². The van der Waals surface area contributed by atoms with E-state index in [4.69, 9.17) is 10.8 Å². The molecule has 0 bridgehead atoms. The van der Waals surface area contributed by atoms with Crippen molar-refractivity contribution in [3.8, 4) is 5.75 Å². The average Bonchev–Trinajstić information content (AvgIpc) is 3.35. The van der Waals surface area contributed by atoms with Crippen molar-refractivity contribution in [3.63, 3.8) is 0 Å². The van der Waals surface area contributed by atoms with Crippen LogP contribution in [-0.4, -0.2) is 22.7 Å². The fourth-order valence-corrected chi connectivity index (χ4v) is 6.75. The second kappa shape index (κ2) is 16.8. The summed E-state index contributed by atoms with van der Waals surface area (Å²) in [7, 11) is 0. The van der Waals surface area contributed by atoms with Gasteiger partial charge in [-0.3, -0.25) is 4.79 Å². The van der Waals surface area contributed by atoms with E-state index in [2.05, 4.69) is 31.2 Å². The molecule has 0 unspecified atom stereocenters. The Hall–Kier alpha value is -2.07. The van der Waals surface area contributed by atoms with Crippen LogP contribution in [0, 0.1) is 11.8 Å². The smallest absolute Gasteiger partial charge is 0.303 e. The molecule has 1 aromatic carbocycles. The van der Waals surface area contributed by atoms with Gasteiger partial charge in [0, 0.05) is 6.42 Å². The summed E-state index contributed by atoms with van der Waals surface area (Å²) in [5, 5.41) is 19.5. The van der Waals surface area contributed by atoms with Gasteiger partial charge in [0.05, 0.1) is 0 Å². The van der Waals surface area contributed by atoms with Gasteiger partial charge < -0.3 is 15.9 Å². The van der Waals surface area contributed by atoms with Gasteiger partial charge >= 0.3 is 5.97 Å². The standard InChI is InChI=1S/C34H53NO3/c1-2-3-6-13-31-25-30(18-20-33(31)36)32-19-17-27(11-9-14-34(37)38)24-29(32)12-8-5-4-7-10-26-15-16-28(23-26)21-22-35/h11,18,20,23,25-26,29,32,36H,2-10,12-17,19,21-22,24,35H2,1H3,(H,37,38)/b27-11+/t26-,29+,32+/m0/s1. The van der Waals surface area contributed by atoms with Crippen LogP contribution in [0.2, 0.25) is 0 Å². The number of phenolic OH excluding ortho intramolecular Hbond substituents is 1. The molecule has 0 saturated heterocycles. The quantitative estimate of drug-likeness (QED) is 0.141. The van der Waals surface area contributed by atoms with Crippen molar-refractivity contribution in [2.45, 2.75) is 128 Å².